The van der Waals surface area contributed by atoms with Gasteiger partial charge in [-0.05, 0) is 36.6 Å². The predicted molar refractivity (Wildman–Crippen MR) is 87.5 cm³/mol. The van der Waals surface area contributed by atoms with E-state index in [1.807, 2.05) is 54.6 Å². The fraction of sp³-hybridized carbons (Fsp3) is 0.278. The quantitative estimate of drug-likeness (QED) is 0.814. The minimum Gasteiger partial charge on any atom is -0.384 e. The molecule has 3 rings (SSSR count). The lowest BCUT2D eigenvalue weighted by molar-refractivity contribution is 0.121. The first-order chi connectivity index (χ1) is 10.2. The van der Waals surface area contributed by atoms with Crippen LogP contribution < -0.4 is 0 Å². The minimum absolute atomic E-state index is 0.655. The molecule has 0 spiro atoms. The van der Waals surface area contributed by atoms with Gasteiger partial charge in [-0.3, -0.25) is 0 Å². The van der Waals surface area contributed by atoms with Crippen molar-refractivity contribution in [3.05, 3.63) is 65.2 Å². The standard InChI is InChI=1S/C18H18ClNO/c19-15-9-6-10-16(13-15)20-17(14-7-2-1-3-8-14)18(21)11-4-5-12-18/h1-3,6-10,13,21H,4-5,11-12H2. The summed E-state index contributed by atoms with van der Waals surface area (Å²) in [5.74, 6) is 0. The predicted octanol–water partition coefficient (Wildman–Crippen LogP) is 4.77. The van der Waals surface area contributed by atoms with E-state index in [2.05, 4.69) is 0 Å². The molecule has 2 aromatic carbocycles. The Labute approximate surface area is 130 Å². The lowest BCUT2D eigenvalue weighted by Crippen LogP contribution is -2.36. The molecule has 3 heteroatoms. The molecule has 0 amide bonds. The molecule has 0 bridgehead atoms. The van der Waals surface area contributed by atoms with E-state index in [1.54, 1.807) is 0 Å². The van der Waals surface area contributed by atoms with Crippen LogP contribution in [0.5, 0.6) is 0 Å². The molecule has 1 aliphatic rings. The Morgan fingerprint density at radius 2 is 1.71 bits per heavy atom. The van der Waals surface area contributed by atoms with Crippen molar-refractivity contribution >= 4 is 23.0 Å². The Hall–Kier alpha value is -1.64. The van der Waals surface area contributed by atoms with Crippen molar-refractivity contribution in [3.63, 3.8) is 0 Å². The second-order valence-electron chi connectivity index (χ2n) is 5.54. The highest BCUT2D eigenvalue weighted by molar-refractivity contribution is 6.30. The SMILES string of the molecule is OC1(C(=Nc2cccc(Cl)c2)c2ccccc2)CCCC1. The smallest absolute Gasteiger partial charge is 0.107 e. The highest BCUT2D eigenvalue weighted by Gasteiger charge is 2.37. The van der Waals surface area contributed by atoms with E-state index in [1.165, 1.54) is 0 Å². The van der Waals surface area contributed by atoms with Gasteiger partial charge in [-0.1, -0.05) is 60.8 Å². The topological polar surface area (TPSA) is 32.6 Å². The molecular weight excluding hydrogens is 282 g/mol. The number of aliphatic imine (C=N–C) groups is 1. The van der Waals surface area contributed by atoms with Crippen LogP contribution in [0.1, 0.15) is 31.2 Å². The maximum atomic E-state index is 11.0. The molecular formula is C18H18ClNO. The third kappa shape index (κ3) is 3.17. The molecule has 2 aromatic rings. The first kappa shape index (κ1) is 14.3. The summed E-state index contributed by atoms with van der Waals surface area (Å²) >= 11 is 6.04. The summed E-state index contributed by atoms with van der Waals surface area (Å²) < 4.78 is 0. The number of nitrogens with zero attached hydrogens (tertiary/aromatic N) is 1. The third-order valence-electron chi connectivity index (χ3n) is 3.97. The van der Waals surface area contributed by atoms with Crippen molar-refractivity contribution in [2.45, 2.75) is 31.3 Å². The van der Waals surface area contributed by atoms with Crippen LogP contribution in [0.3, 0.4) is 0 Å². The summed E-state index contributed by atoms with van der Waals surface area (Å²) in [6.45, 7) is 0. The molecule has 108 valence electrons. The van der Waals surface area contributed by atoms with Gasteiger partial charge in [0.05, 0.1) is 11.4 Å². The lowest BCUT2D eigenvalue weighted by Gasteiger charge is -2.25. The van der Waals surface area contributed by atoms with Crippen LogP contribution >= 0.6 is 11.6 Å². The van der Waals surface area contributed by atoms with Crippen molar-refractivity contribution in [1.29, 1.82) is 0 Å². The maximum Gasteiger partial charge on any atom is 0.107 e. The van der Waals surface area contributed by atoms with Gasteiger partial charge >= 0.3 is 0 Å². The Balaban J connectivity index is 2.08. The molecule has 1 fully saturated rings. The van der Waals surface area contributed by atoms with Crippen LogP contribution in [0.15, 0.2) is 59.6 Å². The molecule has 0 atom stereocenters. The zero-order valence-corrected chi connectivity index (χ0v) is 12.6. The van der Waals surface area contributed by atoms with E-state index in [4.69, 9.17) is 16.6 Å². The zero-order chi connectivity index (χ0) is 14.7. The maximum absolute atomic E-state index is 11.0. The minimum atomic E-state index is -0.830. The van der Waals surface area contributed by atoms with Crippen molar-refractivity contribution in [2.24, 2.45) is 4.99 Å². The van der Waals surface area contributed by atoms with E-state index in [-0.39, 0.29) is 0 Å². The Morgan fingerprint density at radius 1 is 1.00 bits per heavy atom. The van der Waals surface area contributed by atoms with Gasteiger partial charge < -0.3 is 5.11 Å². The van der Waals surface area contributed by atoms with Gasteiger partial charge in [-0.2, -0.15) is 0 Å². The van der Waals surface area contributed by atoms with Crippen LogP contribution in [0.2, 0.25) is 5.02 Å². The van der Waals surface area contributed by atoms with E-state index >= 15 is 0 Å². The number of hydrogen-bond donors (Lipinski definition) is 1. The average Bonchev–Trinajstić information content (AvgIpc) is 2.93. The Kier molecular flexibility index (Phi) is 4.09. The molecule has 1 N–H and O–H groups in total. The summed E-state index contributed by atoms with van der Waals surface area (Å²) in [5.41, 5.74) is 1.68. The van der Waals surface area contributed by atoms with Gasteiger partial charge in [0, 0.05) is 5.02 Å². The molecule has 1 saturated carbocycles. The van der Waals surface area contributed by atoms with Crippen molar-refractivity contribution < 1.29 is 5.11 Å². The molecule has 0 aromatic heterocycles. The first-order valence-corrected chi connectivity index (χ1v) is 7.68. The summed E-state index contributed by atoms with van der Waals surface area (Å²) in [5, 5.41) is 11.6. The normalized spacial score (nSPS) is 17.9. The second-order valence-corrected chi connectivity index (χ2v) is 5.98. The zero-order valence-electron chi connectivity index (χ0n) is 11.8. The average molecular weight is 300 g/mol. The molecule has 0 unspecified atom stereocenters. The van der Waals surface area contributed by atoms with Gasteiger partial charge in [0.1, 0.15) is 5.60 Å². The fourth-order valence-electron chi connectivity index (χ4n) is 2.90. The van der Waals surface area contributed by atoms with Crippen molar-refractivity contribution in [3.8, 4) is 0 Å². The fourth-order valence-corrected chi connectivity index (χ4v) is 3.09. The van der Waals surface area contributed by atoms with Gasteiger partial charge in [0.15, 0.2) is 0 Å². The van der Waals surface area contributed by atoms with E-state index < -0.39 is 5.60 Å². The van der Waals surface area contributed by atoms with Gasteiger partial charge in [-0.15, -0.1) is 0 Å². The molecule has 0 radical (unpaired) electrons. The molecule has 0 saturated heterocycles. The first-order valence-electron chi connectivity index (χ1n) is 7.30. The van der Waals surface area contributed by atoms with Gasteiger partial charge in [0.2, 0.25) is 0 Å². The summed E-state index contributed by atoms with van der Waals surface area (Å²) in [7, 11) is 0. The lowest BCUT2D eigenvalue weighted by atomic mass is 9.90. The Bertz CT molecular complexity index is 645. The number of rotatable bonds is 3. The monoisotopic (exact) mass is 299 g/mol. The number of halogens is 1. The van der Waals surface area contributed by atoms with Crippen LogP contribution in [0.25, 0.3) is 0 Å². The summed E-state index contributed by atoms with van der Waals surface area (Å²) in [4.78, 5) is 4.73. The largest absolute Gasteiger partial charge is 0.384 e. The molecule has 2 nitrogen and oxygen atoms in total. The van der Waals surface area contributed by atoms with Crippen LogP contribution in [-0.2, 0) is 0 Å². The summed E-state index contributed by atoms with van der Waals surface area (Å²) in [6, 6.07) is 17.4. The second kappa shape index (κ2) is 6.00. The number of benzene rings is 2. The van der Waals surface area contributed by atoms with E-state index in [0.29, 0.717) is 5.02 Å². The van der Waals surface area contributed by atoms with Crippen molar-refractivity contribution in [1.82, 2.24) is 0 Å². The van der Waals surface area contributed by atoms with Crippen LogP contribution in [0, 0.1) is 0 Å². The van der Waals surface area contributed by atoms with Crippen molar-refractivity contribution in [2.75, 3.05) is 0 Å². The molecule has 1 aliphatic carbocycles. The van der Waals surface area contributed by atoms with Gasteiger partial charge in [-0.25, -0.2) is 4.99 Å². The molecule has 0 heterocycles. The van der Waals surface area contributed by atoms with Crippen LogP contribution in [-0.4, -0.2) is 16.4 Å². The highest BCUT2D eigenvalue weighted by Crippen LogP contribution is 2.34. The Morgan fingerprint density at radius 3 is 2.38 bits per heavy atom. The molecule has 21 heavy (non-hydrogen) atoms. The van der Waals surface area contributed by atoms with E-state index in [0.717, 1.165) is 42.6 Å². The van der Waals surface area contributed by atoms with Gasteiger partial charge in [0.25, 0.3) is 0 Å². The number of aliphatic hydroxyl groups is 1. The number of hydrogen-bond acceptors (Lipinski definition) is 2. The third-order valence-corrected chi connectivity index (χ3v) is 4.20. The highest BCUT2D eigenvalue weighted by atomic mass is 35.5. The van der Waals surface area contributed by atoms with E-state index in [9.17, 15) is 5.11 Å². The molecule has 0 aliphatic heterocycles. The summed E-state index contributed by atoms with van der Waals surface area (Å²) in [6.07, 6.45) is 3.61. The van der Waals surface area contributed by atoms with Crippen LogP contribution in [0.4, 0.5) is 5.69 Å².